The van der Waals surface area contributed by atoms with Crippen LogP contribution in [0.25, 0.3) is 22.3 Å². The van der Waals surface area contributed by atoms with Crippen LogP contribution in [0, 0.1) is 0 Å². The predicted octanol–water partition coefficient (Wildman–Crippen LogP) is 4.75. The zero-order valence-electron chi connectivity index (χ0n) is 11.4. The summed E-state index contributed by atoms with van der Waals surface area (Å²) in [5.41, 5.74) is 8.80. The average Bonchev–Trinajstić information content (AvgIpc) is 2.48. The van der Waals surface area contributed by atoms with Crippen molar-refractivity contribution in [2.45, 2.75) is 13.3 Å². The fraction of sp³-hybridized carbons (Fsp3) is 0.125. The Bertz CT molecular complexity index is 814. The number of benzene rings is 2. The molecule has 1 heterocycles. The number of hydrogen-bond acceptors (Lipinski definition) is 3. The summed E-state index contributed by atoms with van der Waals surface area (Å²) in [6, 6.07) is 11.5. The largest absolute Gasteiger partial charge is 0.383 e. The number of nitrogens with two attached hydrogens (primary N) is 1. The molecule has 0 saturated carbocycles. The first-order valence-corrected chi connectivity index (χ1v) is 7.35. The van der Waals surface area contributed by atoms with E-state index in [9.17, 15) is 0 Å². The molecule has 2 N–H and O–H groups in total. The van der Waals surface area contributed by atoms with E-state index < -0.39 is 0 Å². The van der Waals surface area contributed by atoms with Gasteiger partial charge < -0.3 is 5.73 Å². The van der Waals surface area contributed by atoms with Crippen LogP contribution < -0.4 is 5.73 Å². The van der Waals surface area contributed by atoms with Gasteiger partial charge in [0.15, 0.2) is 5.82 Å². The third kappa shape index (κ3) is 2.67. The van der Waals surface area contributed by atoms with E-state index in [1.807, 2.05) is 12.1 Å². The van der Waals surface area contributed by atoms with Crippen molar-refractivity contribution < 1.29 is 0 Å². The lowest BCUT2D eigenvalue weighted by Gasteiger charge is -2.08. The number of nitrogen functional groups attached to an aromatic ring is 1. The van der Waals surface area contributed by atoms with Crippen molar-refractivity contribution in [2.24, 2.45) is 0 Å². The molecular formula is C16H13Cl2N3. The number of aryl methyl sites for hydroxylation is 1. The maximum Gasteiger partial charge on any atom is 0.162 e. The van der Waals surface area contributed by atoms with Crippen LogP contribution in [0.5, 0.6) is 0 Å². The second-order valence-corrected chi connectivity index (χ2v) is 5.61. The van der Waals surface area contributed by atoms with Crippen LogP contribution in [0.15, 0.2) is 36.4 Å². The lowest BCUT2D eigenvalue weighted by atomic mass is 10.1. The van der Waals surface area contributed by atoms with Crippen LogP contribution in [0.3, 0.4) is 0 Å². The molecule has 0 aliphatic rings. The first-order chi connectivity index (χ1) is 10.1. The molecule has 1 aromatic heterocycles. The van der Waals surface area contributed by atoms with E-state index in [2.05, 4.69) is 29.0 Å². The number of aromatic nitrogens is 2. The van der Waals surface area contributed by atoms with Gasteiger partial charge in [-0.05, 0) is 24.1 Å². The van der Waals surface area contributed by atoms with Gasteiger partial charge in [0.1, 0.15) is 5.82 Å². The Morgan fingerprint density at radius 2 is 1.76 bits per heavy atom. The minimum Gasteiger partial charge on any atom is -0.383 e. The van der Waals surface area contributed by atoms with E-state index in [1.165, 1.54) is 5.56 Å². The highest BCUT2D eigenvalue weighted by Gasteiger charge is 2.11. The number of nitrogens with zero attached hydrogens (tertiary/aromatic N) is 2. The van der Waals surface area contributed by atoms with Gasteiger partial charge in [0, 0.05) is 16.0 Å². The van der Waals surface area contributed by atoms with Crippen LogP contribution >= 0.6 is 23.2 Å². The predicted molar refractivity (Wildman–Crippen MR) is 88.8 cm³/mol. The SMILES string of the molecule is CCc1ccc(-c2nc(N)c3cc(Cl)cc(Cl)c3n2)cc1. The number of anilines is 1. The highest BCUT2D eigenvalue weighted by atomic mass is 35.5. The molecule has 0 aliphatic heterocycles. The Balaban J connectivity index is 2.19. The number of halogens is 2. The summed E-state index contributed by atoms with van der Waals surface area (Å²) in [7, 11) is 0. The summed E-state index contributed by atoms with van der Waals surface area (Å²) in [4.78, 5) is 8.88. The van der Waals surface area contributed by atoms with Gasteiger partial charge in [-0.3, -0.25) is 0 Å². The Hall–Kier alpha value is -1.84. The summed E-state index contributed by atoms with van der Waals surface area (Å²) in [6.45, 7) is 2.11. The highest BCUT2D eigenvalue weighted by molar-refractivity contribution is 6.38. The van der Waals surface area contributed by atoms with Gasteiger partial charge in [0.2, 0.25) is 0 Å². The van der Waals surface area contributed by atoms with Crippen molar-refractivity contribution in [1.82, 2.24) is 9.97 Å². The quantitative estimate of drug-likeness (QED) is 0.742. The molecule has 3 aromatic rings. The monoisotopic (exact) mass is 317 g/mol. The molecule has 3 rings (SSSR count). The van der Waals surface area contributed by atoms with Crippen molar-refractivity contribution in [3.8, 4) is 11.4 Å². The molecular weight excluding hydrogens is 305 g/mol. The molecule has 2 aromatic carbocycles. The van der Waals surface area contributed by atoms with E-state index in [1.54, 1.807) is 12.1 Å². The zero-order chi connectivity index (χ0) is 15.0. The normalized spacial score (nSPS) is 11.0. The summed E-state index contributed by atoms with van der Waals surface area (Å²) in [6.07, 6.45) is 0.991. The van der Waals surface area contributed by atoms with Gasteiger partial charge in [-0.1, -0.05) is 54.4 Å². The maximum absolute atomic E-state index is 6.21. The smallest absolute Gasteiger partial charge is 0.162 e. The third-order valence-corrected chi connectivity index (χ3v) is 3.87. The van der Waals surface area contributed by atoms with Crippen LogP contribution in [-0.4, -0.2) is 9.97 Å². The fourth-order valence-corrected chi connectivity index (χ4v) is 2.73. The lowest BCUT2D eigenvalue weighted by Crippen LogP contribution is -1.98. The summed E-state index contributed by atoms with van der Waals surface area (Å²) in [5.74, 6) is 0.936. The average molecular weight is 318 g/mol. The Kier molecular flexibility index (Phi) is 3.70. The second kappa shape index (κ2) is 5.51. The Morgan fingerprint density at radius 3 is 2.43 bits per heavy atom. The molecule has 0 unspecified atom stereocenters. The maximum atomic E-state index is 6.21. The molecule has 0 saturated heterocycles. The minimum absolute atomic E-state index is 0.374. The zero-order valence-corrected chi connectivity index (χ0v) is 12.9. The summed E-state index contributed by atoms with van der Waals surface area (Å²) < 4.78 is 0. The minimum atomic E-state index is 0.374. The first-order valence-electron chi connectivity index (χ1n) is 6.60. The Morgan fingerprint density at radius 1 is 1.05 bits per heavy atom. The molecule has 3 nitrogen and oxygen atoms in total. The van der Waals surface area contributed by atoms with Crippen LogP contribution in [0.2, 0.25) is 10.0 Å². The van der Waals surface area contributed by atoms with Crippen molar-refractivity contribution in [1.29, 1.82) is 0 Å². The third-order valence-electron chi connectivity index (χ3n) is 3.37. The van der Waals surface area contributed by atoms with E-state index in [0.29, 0.717) is 32.6 Å². The topological polar surface area (TPSA) is 51.8 Å². The molecule has 106 valence electrons. The fourth-order valence-electron chi connectivity index (χ4n) is 2.20. The van der Waals surface area contributed by atoms with Crippen LogP contribution in [-0.2, 0) is 6.42 Å². The summed E-state index contributed by atoms with van der Waals surface area (Å²) >= 11 is 12.2. The molecule has 0 amide bonds. The van der Waals surface area contributed by atoms with Crippen molar-refractivity contribution >= 4 is 39.9 Å². The van der Waals surface area contributed by atoms with Gasteiger partial charge in [0.05, 0.1) is 10.5 Å². The van der Waals surface area contributed by atoms with E-state index >= 15 is 0 Å². The number of hydrogen-bond donors (Lipinski definition) is 1. The van der Waals surface area contributed by atoms with Crippen LogP contribution in [0.1, 0.15) is 12.5 Å². The molecule has 0 fully saturated rings. The molecule has 21 heavy (non-hydrogen) atoms. The molecule has 0 spiro atoms. The van der Waals surface area contributed by atoms with Crippen molar-refractivity contribution in [3.05, 3.63) is 52.0 Å². The Labute approximate surface area is 132 Å². The molecule has 0 atom stereocenters. The lowest BCUT2D eigenvalue weighted by molar-refractivity contribution is 1.14. The van der Waals surface area contributed by atoms with E-state index in [0.717, 1.165) is 12.0 Å². The number of fused-ring (bicyclic) bond motifs is 1. The van der Waals surface area contributed by atoms with Gasteiger partial charge in [-0.15, -0.1) is 0 Å². The number of rotatable bonds is 2. The van der Waals surface area contributed by atoms with Gasteiger partial charge >= 0.3 is 0 Å². The first kappa shape index (κ1) is 14.1. The molecule has 5 heteroatoms. The highest BCUT2D eigenvalue weighted by Crippen LogP contribution is 2.31. The summed E-state index contributed by atoms with van der Waals surface area (Å²) in [5, 5.41) is 1.65. The van der Waals surface area contributed by atoms with E-state index in [-0.39, 0.29) is 0 Å². The van der Waals surface area contributed by atoms with Gasteiger partial charge in [-0.2, -0.15) is 0 Å². The standard InChI is InChI=1S/C16H13Cl2N3/c1-2-9-3-5-10(6-4-9)16-20-14-12(15(19)21-16)7-11(17)8-13(14)18/h3-8H,2H2,1H3,(H2,19,20,21). The van der Waals surface area contributed by atoms with E-state index in [4.69, 9.17) is 28.9 Å². The van der Waals surface area contributed by atoms with Crippen molar-refractivity contribution in [2.75, 3.05) is 5.73 Å². The van der Waals surface area contributed by atoms with Crippen molar-refractivity contribution in [3.63, 3.8) is 0 Å². The second-order valence-electron chi connectivity index (χ2n) is 4.77. The van der Waals surface area contributed by atoms with Gasteiger partial charge in [-0.25, -0.2) is 9.97 Å². The molecule has 0 bridgehead atoms. The molecule has 0 radical (unpaired) electrons. The van der Waals surface area contributed by atoms with Gasteiger partial charge in [0.25, 0.3) is 0 Å². The molecule has 0 aliphatic carbocycles. The van der Waals surface area contributed by atoms with Crippen LogP contribution in [0.4, 0.5) is 5.82 Å².